The molecule has 1 aromatic rings. The first kappa shape index (κ1) is 21.5. The predicted molar refractivity (Wildman–Crippen MR) is 74.9 cm³/mol. The third-order valence-electron chi connectivity index (χ3n) is 2.74. The third-order valence-corrected chi connectivity index (χ3v) is 3.58. The molecule has 0 saturated carbocycles. The molecule has 26 heavy (non-hydrogen) atoms. The molecule has 0 bridgehead atoms. The molecule has 0 saturated heterocycles. The van der Waals surface area contributed by atoms with E-state index in [1.165, 1.54) is 15.9 Å². The Morgan fingerprint density at radius 2 is 1.38 bits per heavy atom. The molecule has 1 aromatic carbocycles. The van der Waals surface area contributed by atoms with Crippen LogP contribution in [-0.4, -0.2) is 26.4 Å². The molecule has 1 atom stereocenters. The first-order valence-corrected chi connectivity index (χ1v) is 6.64. The van der Waals surface area contributed by atoms with Gasteiger partial charge in [-0.1, -0.05) is 0 Å². The molecule has 0 aromatic heterocycles. The van der Waals surface area contributed by atoms with Crippen LogP contribution in [-0.2, 0) is 6.18 Å². The van der Waals surface area contributed by atoms with E-state index in [0.717, 1.165) is 5.32 Å². The van der Waals surface area contributed by atoms with Crippen molar-refractivity contribution in [3.8, 4) is 0 Å². The van der Waals surface area contributed by atoms with E-state index in [4.69, 9.17) is 5.41 Å². The second-order valence-corrected chi connectivity index (χ2v) is 5.57. The summed E-state index contributed by atoms with van der Waals surface area (Å²) in [7, 11) is 0. The lowest BCUT2D eigenvalue weighted by atomic mass is 10.1. The Hall–Kier alpha value is -2.52. The number of nitrogens with one attached hydrogen (secondary N) is 2. The van der Waals surface area contributed by atoms with Gasteiger partial charge in [0.15, 0.2) is 11.5 Å². The SMILES string of the molecule is N=C(Nc1c([N+](=O)[O-])cc(C(F)(F)F)cc1[N+](=O)[O-])C(F)(Br)C(F)(F)F. The van der Waals surface area contributed by atoms with Gasteiger partial charge in [-0.2, -0.15) is 26.3 Å². The zero-order valence-corrected chi connectivity index (χ0v) is 13.3. The average molecular weight is 457 g/mol. The number of alkyl halides is 8. The van der Waals surface area contributed by atoms with Gasteiger partial charge in [0, 0.05) is 12.1 Å². The van der Waals surface area contributed by atoms with Crippen LogP contribution >= 0.6 is 15.9 Å². The fourth-order valence-electron chi connectivity index (χ4n) is 1.54. The van der Waals surface area contributed by atoms with Gasteiger partial charge in [-0.05, 0) is 15.9 Å². The highest BCUT2D eigenvalue weighted by molar-refractivity contribution is 9.10. The Labute approximate surface area is 145 Å². The molecule has 1 rings (SSSR count). The van der Waals surface area contributed by atoms with Crippen LogP contribution in [0.25, 0.3) is 0 Å². The van der Waals surface area contributed by atoms with Crippen LogP contribution in [0.5, 0.6) is 0 Å². The number of anilines is 1. The molecular weight excluding hydrogens is 453 g/mol. The van der Waals surface area contributed by atoms with E-state index >= 15 is 0 Å². The Balaban J connectivity index is 3.63. The molecule has 144 valence electrons. The third kappa shape index (κ3) is 4.17. The molecule has 0 aliphatic heterocycles. The average Bonchev–Trinajstić information content (AvgIpc) is 2.44. The fraction of sp³-hybridized carbons (Fsp3) is 0.300. The normalized spacial score (nSPS) is 14.5. The topological polar surface area (TPSA) is 122 Å². The zero-order valence-electron chi connectivity index (χ0n) is 11.7. The first-order valence-electron chi connectivity index (χ1n) is 5.84. The summed E-state index contributed by atoms with van der Waals surface area (Å²) < 4.78 is 84.6. The van der Waals surface area contributed by atoms with E-state index in [-0.39, 0.29) is 12.1 Å². The zero-order chi connectivity index (χ0) is 20.7. The van der Waals surface area contributed by atoms with Gasteiger partial charge < -0.3 is 5.32 Å². The van der Waals surface area contributed by atoms with Crippen molar-refractivity contribution in [1.82, 2.24) is 0 Å². The maximum absolute atomic E-state index is 13.6. The summed E-state index contributed by atoms with van der Waals surface area (Å²) in [5, 5.41) is 29.9. The number of hydrogen-bond acceptors (Lipinski definition) is 5. The number of rotatable bonds is 4. The van der Waals surface area contributed by atoms with E-state index < -0.39 is 55.2 Å². The Morgan fingerprint density at radius 3 is 1.65 bits per heavy atom. The summed E-state index contributed by atoms with van der Waals surface area (Å²) in [6.45, 7) is 0. The lowest BCUT2D eigenvalue weighted by molar-refractivity contribution is -0.392. The Morgan fingerprint density at radius 1 is 1.00 bits per heavy atom. The minimum Gasteiger partial charge on any atom is -0.329 e. The highest BCUT2D eigenvalue weighted by Gasteiger charge is 2.58. The van der Waals surface area contributed by atoms with Crippen LogP contribution in [0.15, 0.2) is 12.1 Å². The monoisotopic (exact) mass is 456 g/mol. The standard InChI is InChI=1S/C10H4BrF7N4O4/c11-8(12,10(16,17)18)7(19)20-6-4(21(23)24)1-3(9(13,14)15)2-5(6)22(25)26/h1-2H,(H2,19,20). The van der Waals surface area contributed by atoms with Crippen LogP contribution in [0, 0.1) is 25.6 Å². The van der Waals surface area contributed by atoms with Crippen LogP contribution in [0.2, 0.25) is 0 Å². The fourth-order valence-corrected chi connectivity index (χ4v) is 1.64. The molecule has 0 heterocycles. The molecule has 2 N–H and O–H groups in total. The number of amidine groups is 1. The van der Waals surface area contributed by atoms with Crippen molar-refractivity contribution < 1.29 is 40.6 Å². The summed E-state index contributed by atoms with van der Waals surface area (Å²) in [4.78, 5) is 18.6. The second-order valence-electron chi connectivity index (χ2n) is 4.47. The molecule has 0 radical (unpaired) electrons. The van der Waals surface area contributed by atoms with Gasteiger partial charge in [0.1, 0.15) is 0 Å². The van der Waals surface area contributed by atoms with Crippen LogP contribution in [0.4, 0.5) is 47.8 Å². The van der Waals surface area contributed by atoms with Crippen molar-refractivity contribution in [1.29, 1.82) is 5.41 Å². The summed E-state index contributed by atoms with van der Waals surface area (Å²) >= 11 is 1.50. The van der Waals surface area contributed by atoms with Crippen molar-refractivity contribution in [3.05, 3.63) is 37.9 Å². The number of benzene rings is 1. The number of nitrogens with zero attached hydrogens (tertiary/aromatic N) is 2. The van der Waals surface area contributed by atoms with E-state index in [1.807, 2.05) is 0 Å². The quantitative estimate of drug-likeness (QED) is 0.172. The van der Waals surface area contributed by atoms with Gasteiger partial charge in [-0.25, -0.2) is 4.39 Å². The van der Waals surface area contributed by atoms with Gasteiger partial charge >= 0.3 is 16.9 Å². The summed E-state index contributed by atoms with van der Waals surface area (Å²) in [5.41, 5.74) is -6.72. The van der Waals surface area contributed by atoms with Gasteiger partial charge in [0.05, 0.1) is 15.4 Å². The van der Waals surface area contributed by atoms with Crippen molar-refractivity contribution in [2.75, 3.05) is 5.32 Å². The van der Waals surface area contributed by atoms with E-state index in [1.54, 1.807) is 0 Å². The van der Waals surface area contributed by atoms with Crippen molar-refractivity contribution in [3.63, 3.8) is 0 Å². The minimum atomic E-state index is -5.76. The summed E-state index contributed by atoms with van der Waals surface area (Å²) in [5.74, 6) is -2.17. The van der Waals surface area contributed by atoms with Crippen molar-refractivity contribution in [2.24, 2.45) is 0 Å². The predicted octanol–water partition coefficient (Wildman–Crippen LogP) is 4.53. The molecular formula is C10H4BrF7N4O4. The van der Waals surface area contributed by atoms with E-state index in [2.05, 4.69) is 0 Å². The Kier molecular flexibility index (Phi) is 5.51. The van der Waals surface area contributed by atoms with Gasteiger partial charge in [0.25, 0.3) is 11.4 Å². The van der Waals surface area contributed by atoms with Crippen molar-refractivity contribution in [2.45, 2.75) is 16.9 Å². The second kappa shape index (κ2) is 6.65. The smallest absolute Gasteiger partial charge is 0.329 e. The number of hydrogen-bond donors (Lipinski definition) is 2. The van der Waals surface area contributed by atoms with Crippen LogP contribution in [0.1, 0.15) is 5.56 Å². The highest BCUT2D eigenvalue weighted by Crippen LogP contribution is 2.44. The molecule has 0 fully saturated rings. The first-order chi connectivity index (χ1) is 11.5. The maximum atomic E-state index is 13.6. The van der Waals surface area contributed by atoms with Crippen LogP contribution < -0.4 is 5.32 Å². The molecule has 8 nitrogen and oxygen atoms in total. The molecule has 0 amide bonds. The summed E-state index contributed by atoms with van der Waals surface area (Å²) in [6, 6.07) is -0.408. The van der Waals surface area contributed by atoms with Gasteiger partial charge in [-0.15, -0.1) is 0 Å². The minimum absolute atomic E-state index is 0.204. The molecule has 16 heteroatoms. The highest BCUT2D eigenvalue weighted by atomic mass is 79.9. The molecule has 0 spiro atoms. The van der Waals surface area contributed by atoms with Gasteiger partial charge in [-0.3, -0.25) is 25.6 Å². The summed E-state index contributed by atoms with van der Waals surface area (Å²) in [6.07, 6.45) is -11.0. The molecule has 1 unspecified atom stereocenters. The van der Waals surface area contributed by atoms with Crippen LogP contribution in [0.3, 0.4) is 0 Å². The van der Waals surface area contributed by atoms with Crippen molar-refractivity contribution >= 4 is 38.8 Å². The van der Waals surface area contributed by atoms with Gasteiger partial charge in [0.2, 0.25) is 0 Å². The van der Waals surface area contributed by atoms with E-state index in [0.29, 0.717) is 0 Å². The molecule has 0 aliphatic rings. The lowest BCUT2D eigenvalue weighted by Crippen LogP contribution is -2.45. The Bertz CT molecular complexity index is 743. The van der Waals surface area contributed by atoms with E-state index in [9.17, 15) is 51.0 Å². The maximum Gasteiger partial charge on any atom is 0.440 e. The number of nitro benzene ring substituents is 2. The largest absolute Gasteiger partial charge is 0.440 e. The lowest BCUT2D eigenvalue weighted by Gasteiger charge is -2.23. The number of nitro groups is 2. The molecule has 0 aliphatic carbocycles. The number of halogens is 8.